The summed E-state index contributed by atoms with van der Waals surface area (Å²) in [5.41, 5.74) is 6.70. The van der Waals surface area contributed by atoms with Crippen molar-refractivity contribution in [3.63, 3.8) is 0 Å². The first kappa shape index (κ1) is 14.3. The molecular weight excluding hydrogens is 232 g/mol. The van der Waals surface area contributed by atoms with E-state index in [0.717, 1.165) is 0 Å². The predicted octanol–water partition coefficient (Wildman–Crippen LogP) is 1.29. The number of hydrogen-bond donors (Lipinski definition) is 2. The predicted molar refractivity (Wildman–Crippen MR) is 70.8 cm³/mol. The lowest BCUT2D eigenvalue weighted by atomic mass is 10.1. The molecular formula is C13H20N2O3. The van der Waals surface area contributed by atoms with Crippen LogP contribution < -0.4 is 15.8 Å². The monoisotopic (exact) mass is 252 g/mol. The van der Waals surface area contributed by atoms with Crippen molar-refractivity contribution in [3.8, 4) is 5.75 Å². The number of rotatable bonds is 6. The molecule has 0 spiro atoms. The van der Waals surface area contributed by atoms with Crippen molar-refractivity contribution >= 4 is 11.6 Å². The maximum atomic E-state index is 11.9. The molecule has 1 rings (SSSR count). The largest absolute Gasteiger partial charge is 0.497 e. The number of carbonyl (C=O) groups excluding carboxylic acids is 1. The van der Waals surface area contributed by atoms with Crippen molar-refractivity contribution in [2.75, 3.05) is 33.1 Å². The van der Waals surface area contributed by atoms with Gasteiger partial charge in [0.25, 0.3) is 5.91 Å². The number of carbonyl (C=O) groups is 1. The van der Waals surface area contributed by atoms with Gasteiger partial charge in [0, 0.05) is 31.0 Å². The van der Waals surface area contributed by atoms with E-state index < -0.39 is 0 Å². The van der Waals surface area contributed by atoms with E-state index in [9.17, 15) is 4.79 Å². The number of benzene rings is 1. The number of ether oxygens (including phenoxy) is 2. The zero-order chi connectivity index (χ0) is 13.5. The molecule has 0 aromatic heterocycles. The van der Waals surface area contributed by atoms with Gasteiger partial charge in [0.05, 0.1) is 13.7 Å². The topological polar surface area (TPSA) is 73.6 Å². The molecule has 1 unspecified atom stereocenters. The molecule has 0 radical (unpaired) electrons. The van der Waals surface area contributed by atoms with Crippen LogP contribution in [-0.2, 0) is 4.74 Å². The molecule has 0 aliphatic carbocycles. The van der Waals surface area contributed by atoms with Gasteiger partial charge < -0.3 is 20.5 Å². The number of anilines is 1. The molecule has 3 N–H and O–H groups in total. The Balaban J connectivity index is 2.63. The van der Waals surface area contributed by atoms with Crippen molar-refractivity contribution in [1.29, 1.82) is 0 Å². The third kappa shape index (κ3) is 4.25. The third-order valence-corrected chi connectivity index (χ3v) is 2.49. The highest BCUT2D eigenvalue weighted by molar-refractivity contribution is 5.95. The van der Waals surface area contributed by atoms with Crippen LogP contribution in [0.1, 0.15) is 17.3 Å². The van der Waals surface area contributed by atoms with Crippen LogP contribution in [0.15, 0.2) is 18.2 Å². The Morgan fingerprint density at radius 1 is 1.39 bits per heavy atom. The number of hydrogen-bond acceptors (Lipinski definition) is 4. The van der Waals surface area contributed by atoms with Gasteiger partial charge in [-0.25, -0.2) is 0 Å². The van der Waals surface area contributed by atoms with Gasteiger partial charge >= 0.3 is 0 Å². The molecule has 5 heteroatoms. The maximum absolute atomic E-state index is 11.9. The third-order valence-electron chi connectivity index (χ3n) is 2.49. The highest BCUT2D eigenvalue weighted by Gasteiger charge is 2.09. The first-order chi connectivity index (χ1) is 8.56. The first-order valence-corrected chi connectivity index (χ1v) is 5.78. The van der Waals surface area contributed by atoms with E-state index in [1.807, 2.05) is 6.92 Å². The molecule has 0 bridgehead atoms. The lowest BCUT2D eigenvalue weighted by Gasteiger charge is -2.12. The van der Waals surface area contributed by atoms with Crippen LogP contribution >= 0.6 is 0 Å². The molecule has 0 saturated carbocycles. The summed E-state index contributed by atoms with van der Waals surface area (Å²) in [6.45, 7) is 3.17. The van der Waals surface area contributed by atoms with Crippen LogP contribution in [-0.4, -0.2) is 33.3 Å². The van der Waals surface area contributed by atoms with E-state index in [1.54, 1.807) is 25.3 Å². The molecule has 0 fully saturated rings. The second kappa shape index (κ2) is 6.86. The quantitative estimate of drug-likeness (QED) is 0.748. The average Bonchev–Trinajstić information content (AvgIpc) is 2.35. The molecule has 5 nitrogen and oxygen atoms in total. The number of nitrogens with one attached hydrogen (secondary N) is 1. The Hall–Kier alpha value is -1.75. The van der Waals surface area contributed by atoms with Crippen LogP contribution in [0.4, 0.5) is 5.69 Å². The molecule has 0 aliphatic rings. The van der Waals surface area contributed by atoms with E-state index in [0.29, 0.717) is 30.2 Å². The Kier molecular flexibility index (Phi) is 5.45. The minimum atomic E-state index is -0.163. The Labute approximate surface area is 107 Å². The Bertz CT molecular complexity index is 407. The van der Waals surface area contributed by atoms with Gasteiger partial charge in [-0.2, -0.15) is 0 Å². The lowest BCUT2D eigenvalue weighted by molar-refractivity contribution is 0.0934. The van der Waals surface area contributed by atoms with Crippen LogP contribution in [0.2, 0.25) is 0 Å². The van der Waals surface area contributed by atoms with E-state index in [1.165, 1.54) is 7.11 Å². The SMILES string of the molecule is COCC(C)CNC(=O)c1cc(N)cc(OC)c1. The molecule has 1 aromatic rings. The van der Waals surface area contributed by atoms with Gasteiger partial charge in [0.1, 0.15) is 5.75 Å². The van der Waals surface area contributed by atoms with Crippen molar-refractivity contribution in [2.45, 2.75) is 6.92 Å². The van der Waals surface area contributed by atoms with E-state index in [2.05, 4.69) is 5.32 Å². The van der Waals surface area contributed by atoms with Crippen LogP contribution in [0.3, 0.4) is 0 Å². The van der Waals surface area contributed by atoms with E-state index in [4.69, 9.17) is 15.2 Å². The summed E-state index contributed by atoms with van der Waals surface area (Å²) in [6, 6.07) is 4.95. The zero-order valence-corrected chi connectivity index (χ0v) is 11.0. The minimum absolute atomic E-state index is 0.163. The van der Waals surface area contributed by atoms with Crippen LogP contribution in [0.5, 0.6) is 5.75 Å². The van der Waals surface area contributed by atoms with Crippen molar-refractivity contribution in [1.82, 2.24) is 5.32 Å². The summed E-state index contributed by atoms with van der Waals surface area (Å²) in [5.74, 6) is 0.676. The van der Waals surface area contributed by atoms with E-state index >= 15 is 0 Å². The fraction of sp³-hybridized carbons (Fsp3) is 0.462. The van der Waals surface area contributed by atoms with Gasteiger partial charge in [0.2, 0.25) is 0 Å². The second-order valence-corrected chi connectivity index (χ2v) is 4.27. The second-order valence-electron chi connectivity index (χ2n) is 4.27. The Morgan fingerprint density at radius 2 is 2.11 bits per heavy atom. The van der Waals surface area contributed by atoms with Gasteiger partial charge in [0.15, 0.2) is 0 Å². The molecule has 1 aromatic carbocycles. The average molecular weight is 252 g/mol. The highest BCUT2D eigenvalue weighted by Crippen LogP contribution is 2.18. The summed E-state index contributed by atoms with van der Waals surface area (Å²) in [7, 11) is 3.18. The smallest absolute Gasteiger partial charge is 0.251 e. The highest BCUT2D eigenvalue weighted by atomic mass is 16.5. The number of nitrogens with two attached hydrogens (primary N) is 1. The van der Waals surface area contributed by atoms with Gasteiger partial charge in [-0.3, -0.25) is 4.79 Å². The van der Waals surface area contributed by atoms with Gasteiger partial charge in [-0.15, -0.1) is 0 Å². The van der Waals surface area contributed by atoms with E-state index in [-0.39, 0.29) is 11.8 Å². The zero-order valence-electron chi connectivity index (χ0n) is 11.0. The maximum Gasteiger partial charge on any atom is 0.251 e. The molecule has 0 heterocycles. The van der Waals surface area contributed by atoms with Crippen molar-refractivity contribution in [3.05, 3.63) is 23.8 Å². The number of methoxy groups -OCH3 is 2. The summed E-state index contributed by atoms with van der Waals surface area (Å²) < 4.78 is 10.1. The molecule has 1 atom stereocenters. The van der Waals surface area contributed by atoms with Crippen molar-refractivity contribution < 1.29 is 14.3 Å². The van der Waals surface area contributed by atoms with Crippen LogP contribution in [0, 0.1) is 5.92 Å². The molecule has 18 heavy (non-hydrogen) atoms. The summed E-state index contributed by atoms with van der Waals surface area (Å²) in [5, 5.41) is 2.83. The van der Waals surface area contributed by atoms with Gasteiger partial charge in [-0.1, -0.05) is 6.92 Å². The summed E-state index contributed by atoms with van der Waals surface area (Å²) in [6.07, 6.45) is 0. The molecule has 100 valence electrons. The lowest BCUT2D eigenvalue weighted by Crippen LogP contribution is -2.29. The molecule has 0 aliphatic heterocycles. The fourth-order valence-corrected chi connectivity index (χ4v) is 1.58. The van der Waals surface area contributed by atoms with Gasteiger partial charge in [-0.05, 0) is 18.1 Å². The van der Waals surface area contributed by atoms with Crippen LogP contribution in [0.25, 0.3) is 0 Å². The fourth-order valence-electron chi connectivity index (χ4n) is 1.58. The van der Waals surface area contributed by atoms with Crippen molar-refractivity contribution in [2.24, 2.45) is 5.92 Å². The number of nitrogen functional groups attached to an aromatic ring is 1. The summed E-state index contributed by atoms with van der Waals surface area (Å²) in [4.78, 5) is 11.9. The number of amides is 1. The normalized spacial score (nSPS) is 11.9. The first-order valence-electron chi connectivity index (χ1n) is 5.78. The standard InChI is InChI=1S/C13H20N2O3/c1-9(8-17-2)7-15-13(16)10-4-11(14)6-12(5-10)18-3/h4-6,9H,7-8,14H2,1-3H3,(H,15,16). The summed E-state index contributed by atoms with van der Waals surface area (Å²) >= 11 is 0. The molecule has 1 amide bonds. The molecule has 0 saturated heterocycles. The Morgan fingerprint density at radius 3 is 2.72 bits per heavy atom. The minimum Gasteiger partial charge on any atom is -0.497 e.